The lowest BCUT2D eigenvalue weighted by molar-refractivity contribution is -0.137. The molecule has 0 aliphatic carbocycles. The van der Waals surface area contributed by atoms with Gasteiger partial charge in [-0.3, -0.25) is 4.98 Å². The number of carbonyl (C=O) groups excluding carboxylic acids is 1. The van der Waals surface area contributed by atoms with E-state index in [2.05, 4.69) is 16.3 Å². The van der Waals surface area contributed by atoms with Crippen molar-refractivity contribution in [3.8, 4) is 11.1 Å². The molecule has 0 bridgehead atoms. The fourth-order valence-electron chi connectivity index (χ4n) is 1.79. The van der Waals surface area contributed by atoms with Crippen LogP contribution in [-0.4, -0.2) is 23.2 Å². The van der Waals surface area contributed by atoms with Gasteiger partial charge in [-0.05, 0) is 11.6 Å². The van der Waals surface area contributed by atoms with Gasteiger partial charge >= 0.3 is 5.97 Å². The number of benzene rings is 1. The minimum atomic E-state index is -1.16. The number of aliphatic hydroxyl groups excluding tert-OH is 1. The van der Waals surface area contributed by atoms with Crippen molar-refractivity contribution in [3.05, 3.63) is 66.5 Å². The summed E-state index contributed by atoms with van der Waals surface area (Å²) in [5.74, 6) is -0.647. The van der Waals surface area contributed by atoms with Crippen LogP contribution in [0.2, 0.25) is 0 Å². The van der Waals surface area contributed by atoms with E-state index < -0.39 is 12.1 Å². The van der Waals surface area contributed by atoms with Gasteiger partial charge in [-0.15, -0.1) is 0 Å². The van der Waals surface area contributed by atoms with Crippen LogP contribution in [0.1, 0.15) is 11.8 Å². The summed E-state index contributed by atoms with van der Waals surface area (Å²) < 4.78 is 4.52. The van der Waals surface area contributed by atoms with Crippen LogP contribution in [0.15, 0.2) is 60.8 Å². The second kappa shape index (κ2) is 6.12. The number of pyridine rings is 1. The van der Waals surface area contributed by atoms with Crippen molar-refractivity contribution in [1.82, 2.24) is 4.98 Å². The summed E-state index contributed by atoms with van der Waals surface area (Å²) in [5, 5.41) is 9.99. The summed E-state index contributed by atoms with van der Waals surface area (Å²) in [6.07, 6.45) is 0.491. The molecule has 1 N–H and O–H groups in total. The van der Waals surface area contributed by atoms with E-state index in [1.54, 1.807) is 12.3 Å². The largest absolute Gasteiger partial charge is 0.466 e. The van der Waals surface area contributed by atoms with Gasteiger partial charge in [0.2, 0.25) is 0 Å². The molecule has 0 fully saturated rings. The lowest BCUT2D eigenvalue weighted by Crippen LogP contribution is -2.13. The van der Waals surface area contributed by atoms with Crippen LogP contribution < -0.4 is 0 Å². The highest BCUT2D eigenvalue weighted by Crippen LogP contribution is 2.23. The minimum absolute atomic E-state index is 0.0348. The van der Waals surface area contributed by atoms with Crippen molar-refractivity contribution in [2.45, 2.75) is 6.10 Å². The monoisotopic (exact) mass is 269 g/mol. The van der Waals surface area contributed by atoms with Crippen LogP contribution in [-0.2, 0) is 9.53 Å². The molecule has 0 amide bonds. The topological polar surface area (TPSA) is 59.4 Å². The van der Waals surface area contributed by atoms with Crippen molar-refractivity contribution in [2.24, 2.45) is 0 Å². The molecule has 2 aromatic rings. The molecule has 1 aromatic carbocycles. The molecule has 0 spiro atoms. The SMILES string of the molecule is C=C(C(=O)OC)C(O)c1ccc(-c2ccccc2)cn1. The molecule has 20 heavy (non-hydrogen) atoms. The highest BCUT2D eigenvalue weighted by Gasteiger charge is 2.19. The number of methoxy groups -OCH3 is 1. The van der Waals surface area contributed by atoms with Gasteiger partial charge in [0.25, 0.3) is 0 Å². The van der Waals surface area contributed by atoms with E-state index in [1.165, 1.54) is 7.11 Å². The summed E-state index contributed by atoms with van der Waals surface area (Å²) in [7, 11) is 1.24. The number of esters is 1. The molecule has 2 rings (SSSR count). The Morgan fingerprint density at radius 3 is 2.45 bits per heavy atom. The van der Waals surface area contributed by atoms with Crippen LogP contribution in [0.25, 0.3) is 11.1 Å². The molecule has 102 valence electrons. The van der Waals surface area contributed by atoms with E-state index in [0.29, 0.717) is 5.69 Å². The maximum atomic E-state index is 11.3. The zero-order valence-corrected chi connectivity index (χ0v) is 11.1. The Kier molecular flexibility index (Phi) is 4.27. The van der Waals surface area contributed by atoms with Gasteiger partial charge in [0.15, 0.2) is 0 Å². The van der Waals surface area contributed by atoms with Gasteiger partial charge in [0, 0.05) is 11.8 Å². The molecule has 0 saturated carbocycles. The molecule has 0 radical (unpaired) electrons. The average Bonchev–Trinajstić information content (AvgIpc) is 2.53. The molecule has 0 aliphatic heterocycles. The van der Waals surface area contributed by atoms with Crippen molar-refractivity contribution in [3.63, 3.8) is 0 Å². The van der Waals surface area contributed by atoms with Crippen molar-refractivity contribution >= 4 is 5.97 Å². The minimum Gasteiger partial charge on any atom is -0.466 e. The van der Waals surface area contributed by atoms with E-state index in [9.17, 15) is 9.90 Å². The third kappa shape index (κ3) is 2.92. The first kappa shape index (κ1) is 14.0. The normalized spacial score (nSPS) is 11.7. The number of aliphatic hydroxyl groups is 1. The third-order valence-electron chi connectivity index (χ3n) is 2.95. The number of hydrogen-bond acceptors (Lipinski definition) is 4. The third-order valence-corrected chi connectivity index (χ3v) is 2.95. The zero-order valence-electron chi connectivity index (χ0n) is 11.1. The molecule has 4 nitrogen and oxygen atoms in total. The van der Waals surface area contributed by atoms with E-state index in [1.807, 2.05) is 36.4 Å². The van der Waals surface area contributed by atoms with Gasteiger partial charge < -0.3 is 9.84 Å². The Labute approximate surface area is 117 Å². The smallest absolute Gasteiger partial charge is 0.336 e. The van der Waals surface area contributed by atoms with E-state index in [-0.39, 0.29) is 5.57 Å². The number of ether oxygens (including phenoxy) is 1. The predicted molar refractivity (Wildman–Crippen MR) is 75.8 cm³/mol. The maximum Gasteiger partial charge on any atom is 0.336 e. The number of hydrogen-bond donors (Lipinski definition) is 1. The van der Waals surface area contributed by atoms with Crippen LogP contribution >= 0.6 is 0 Å². The van der Waals surface area contributed by atoms with Crippen LogP contribution in [0.3, 0.4) is 0 Å². The van der Waals surface area contributed by atoms with Crippen molar-refractivity contribution < 1.29 is 14.6 Å². The Bertz CT molecular complexity index is 605. The highest BCUT2D eigenvalue weighted by atomic mass is 16.5. The highest BCUT2D eigenvalue weighted by molar-refractivity contribution is 5.88. The second-order valence-electron chi connectivity index (χ2n) is 4.26. The fourth-order valence-corrected chi connectivity index (χ4v) is 1.79. The summed E-state index contributed by atoms with van der Waals surface area (Å²) in [6, 6.07) is 13.3. The summed E-state index contributed by atoms with van der Waals surface area (Å²) >= 11 is 0. The summed E-state index contributed by atoms with van der Waals surface area (Å²) in [6.45, 7) is 3.52. The maximum absolute atomic E-state index is 11.3. The van der Waals surface area contributed by atoms with Gasteiger partial charge in [-0.25, -0.2) is 4.79 Å². The number of carbonyl (C=O) groups is 1. The lowest BCUT2D eigenvalue weighted by atomic mass is 10.0. The van der Waals surface area contributed by atoms with Gasteiger partial charge in [-0.1, -0.05) is 43.0 Å². The van der Waals surface area contributed by atoms with Crippen LogP contribution in [0.5, 0.6) is 0 Å². The number of rotatable bonds is 4. The number of aromatic nitrogens is 1. The second-order valence-corrected chi connectivity index (χ2v) is 4.26. The molecular weight excluding hydrogens is 254 g/mol. The number of nitrogens with zero attached hydrogens (tertiary/aromatic N) is 1. The molecule has 0 saturated heterocycles. The standard InChI is InChI=1S/C16H15NO3/c1-11(16(19)20-2)15(18)14-9-8-13(10-17-14)12-6-4-3-5-7-12/h3-10,15,18H,1H2,2H3. The fraction of sp³-hybridized carbons (Fsp3) is 0.125. The molecule has 1 aromatic heterocycles. The van der Waals surface area contributed by atoms with E-state index in [0.717, 1.165) is 11.1 Å². The predicted octanol–water partition coefficient (Wildman–Crippen LogP) is 2.51. The Balaban J connectivity index is 2.20. The van der Waals surface area contributed by atoms with Gasteiger partial charge in [-0.2, -0.15) is 0 Å². The molecule has 4 heteroatoms. The Hall–Kier alpha value is -2.46. The molecule has 0 aliphatic rings. The first-order chi connectivity index (χ1) is 9.63. The lowest BCUT2D eigenvalue weighted by Gasteiger charge is -2.11. The molecular formula is C16H15NO3. The van der Waals surface area contributed by atoms with Crippen molar-refractivity contribution in [2.75, 3.05) is 7.11 Å². The van der Waals surface area contributed by atoms with Gasteiger partial charge in [0.05, 0.1) is 18.4 Å². The average molecular weight is 269 g/mol. The first-order valence-corrected chi connectivity index (χ1v) is 6.10. The van der Waals surface area contributed by atoms with E-state index >= 15 is 0 Å². The summed E-state index contributed by atoms with van der Waals surface area (Å²) in [4.78, 5) is 15.5. The van der Waals surface area contributed by atoms with E-state index in [4.69, 9.17) is 0 Å². The van der Waals surface area contributed by atoms with Gasteiger partial charge in [0.1, 0.15) is 6.10 Å². The molecule has 1 heterocycles. The first-order valence-electron chi connectivity index (χ1n) is 6.10. The zero-order chi connectivity index (χ0) is 14.5. The quantitative estimate of drug-likeness (QED) is 0.684. The van der Waals surface area contributed by atoms with Crippen LogP contribution in [0, 0.1) is 0 Å². The Morgan fingerprint density at radius 2 is 1.90 bits per heavy atom. The van der Waals surface area contributed by atoms with Crippen molar-refractivity contribution in [1.29, 1.82) is 0 Å². The molecule has 1 unspecified atom stereocenters. The van der Waals surface area contributed by atoms with Crippen LogP contribution in [0.4, 0.5) is 0 Å². The summed E-state index contributed by atoms with van der Waals surface area (Å²) in [5.41, 5.74) is 2.30. The Morgan fingerprint density at radius 1 is 1.20 bits per heavy atom. The molecule has 1 atom stereocenters.